The molecule has 0 radical (unpaired) electrons. The smallest absolute Gasteiger partial charge is 0.116 e. The summed E-state index contributed by atoms with van der Waals surface area (Å²) >= 11 is 5.15. The van der Waals surface area contributed by atoms with Crippen molar-refractivity contribution in [1.29, 1.82) is 0 Å². The Hall–Kier alpha value is -3.00. The Labute approximate surface area is 489 Å². The fraction of sp³-hybridized carbons (Fsp3) is 0.690. The molecule has 0 amide bonds. The third-order valence-electron chi connectivity index (χ3n) is 17.7. The number of aromatic nitrogens is 4. The van der Waals surface area contributed by atoms with Crippen LogP contribution in [0, 0.1) is 11.8 Å². The second-order valence-electron chi connectivity index (χ2n) is 24.5. The molecule has 7 rings (SSSR count). The van der Waals surface area contributed by atoms with Gasteiger partial charge in [-0.1, -0.05) is 309 Å². The van der Waals surface area contributed by atoms with Crippen LogP contribution < -0.4 is 0 Å². The molecule has 4 aromatic heterocycles. The van der Waals surface area contributed by atoms with Gasteiger partial charge in [0.2, 0.25) is 0 Å². The van der Waals surface area contributed by atoms with Gasteiger partial charge in [0, 0.05) is 32.9 Å². The molecule has 1 aliphatic rings. The molecule has 2 atom stereocenters. The van der Waals surface area contributed by atoms with Crippen molar-refractivity contribution in [3.05, 3.63) is 69.5 Å². The third kappa shape index (κ3) is 20.5. The van der Waals surface area contributed by atoms with Crippen molar-refractivity contribution in [3.8, 4) is 32.1 Å². The van der Waals surface area contributed by atoms with E-state index in [1.807, 2.05) is 22.7 Å². The van der Waals surface area contributed by atoms with E-state index in [0.29, 0.717) is 0 Å². The highest BCUT2D eigenvalue weighted by Crippen LogP contribution is 2.47. The van der Waals surface area contributed by atoms with Crippen molar-refractivity contribution in [2.24, 2.45) is 11.8 Å². The van der Waals surface area contributed by atoms with E-state index in [2.05, 4.69) is 74.9 Å². The molecule has 1 aliphatic carbocycles. The van der Waals surface area contributed by atoms with Gasteiger partial charge in [0.05, 0.1) is 23.1 Å². The van der Waals surface area contributed by atoms with E-state index in [0.717, 1.165) is 62.8 Å². The lowest BCUT2D eigenvalue weighted by atomic mass is 9.89. The molecule has 0 fully saturated rings. The van der Waals surface area contributed by atoms with E-state index in [1.54, 1.807) is 0 Å². The van der Waals surface area contributed by atoms with Crippen LogP contribution >= 0.6 is 34.4 Å². The van der Waals surface area contributed by atoms with E-state index < -0.39 is 0 Å². The standard InChI is InChI=1S/C71H108N4S3/c1-5-9-13-17-21-25-27-31-35-39-45-56(43-37-33-29-23-19-15-11-7-3)49-58-51-63(76-54-58)65-68-69(73-67-61-48-42-41-47-60(61)53-62(67)72-68)66(71-70(65)74-78-75-71)64-52-59(55-77-64)50-57(44-38-34-30-24-20-16-12-8-4)46-40-36-32-28-26-22-18-14-10-6-2/h41-42,47-48,51-52,54-57H,5-40,43-46,49-50,53H2,1-4H3. The predicted octanol–water partition coefficient (Wildman–Crippen LogP) is 24.7. The van der Waals surface area contributed by atoms with Crippen LogP contribution in [-0.2, 0) is 19.3 Å². The van der Waals surface area contributed by atoms with Gasteiger partial charge in [-0.15, -0.1) is 22.7 Å². The summed E-state index contributed by atoms with van der Waals surface area (Å²) in [5.74, 6) is 1.48. The number of hydrogen-bond acceptors (Lipinski definition) is 7. The molecular weight excluding hydrogens is 1010 g/mol. The minimum absolute atomic E-state index is 0.740. The molecule has 2 unspecified atom stereocenters. The molecule has 6 aromatic rings. The van der Waals surface area contributed by atoms with Crippen molar-refractivity contribution < 1.29 is 0 Å². The van der Waals surface area contributed by atoms with E-state index in [1.165, 1.54) is 313 Å². The van der Waals surface area contributed by atoms with Gasteiger partial charge in [0.25, 0.3) is 0 Å². The highest BCUT2D eigenvalue weighted by Gasteiger charge is 2.29. The summed E-state index contributed by atoms with van der Waals surface area (Å²) in [6, 6.07) is 13.9. The number of benzene rings is 2. The highest BCUT2D eigenvalue weighted by molar-refractivity contribution is 7.14. The summed E-state index contributed by atoms with van der Waals surface area (Å²) in [5.41, 5.74) is 14.0. The number of nitrogens with zero attached hydrogens (tertiary/aromatic N) is 4. The molecule has 0 bridgehead atoms. The second kappa shape index (κ2) is 37.2. The topological polar surface area (TPSA) is 51.6 Å². The van der Waals surface area contributed by atoms with Crippen LogP contribution in [0.25, 0.3) is 54.2 Å². The molecule has 0 saturated heterocycles. The summed E-state index contributed by atoms with van der Waals surface area (Å²) in [5, 5.41) is 4.95. The normalized spacial score (nSPS) is 13.1. The molecular formula is C71H108N4S3. The average Bonchev–Trinajstić information content (AvgIpc) is 4.48. The first-order valence-electron chi connectivity index (χ1n) is 33.3. The van der Waals surface area contributed by atoms with Crippen LogP contribution in [0.15, 0.2) is 47.2 Å². The summed E-state index contributed by atoms with van der Waals surface area (Å²) in [6.07, 6.45) is 58.9. The van der Waals surface area contributed by atoms with Gasteiger partial charge in [-0.25, -0.2) is 9.97 Å². The maximum Gasteiger partial charge on any atom is 0.116 e. The van der Waals surface area contributed by atoms with Crippen LogP contribution in [0.2, 0.25) is 0 Å². The van der Waals surface area contributed by atoms with Crippen LogP contribution in [0.4, 0.5) is 0 Å². The first-order chi connectivity index (χ1) is 38.6. The Morgan fingerprint density at radius 1 is 0.397 bits per heavy atom. The van der Waals surface area contributed by atoms with Crippen LogP contribution in [-0.4, -0.2) is 18.7 Å². The number of unbranched alkanes of at least 4 members (excludes halogenated alkanes) is 32. The van der Waals surface area contributed by atoms with Crippen molar-refractivity contribution in [2.45, 2.75) is 304 Å². The molecule has 4 heterocycles. The number of fused-ring (bicyclic) bond motifs is 5. The van der Waals surface area contributed by atoms with Crippen LogP contribution in [0.5, 0.6) is 0 Å². The maximum atomic E-state index is 5.72. The lowest BCUT2D eigenvalue weighted by Gasteiger charge is -2.17. The molecule has 0 N–H and O–H groups in total. The quantitative estimate of drug-likeness (QED) is 0.0357. The first-order valence-corrected chi connectivity index (χ1v) is 35.8. The van der Waals surface area contributed by atoms with E-state index in [9.17, 15) is 0 Å². The zero-order chi connectivity index (χ0) is 54.2. The lowest BCUT2D eigenvalue weighted by molar-refractivity contribution is 0.400. The van der Waals surface area contributed by atoms with Crippen molar-refractivity contribution in [1.82, 2.24) is 18.7 Å². The van der Waals surface area contributed by atoms with Crippen LogP contribution in [0.1, 0.15) is 307 Å². The summed E-state index contributed by atoms with van der Waals surface area (Å²) in [6.45, 7) is 9.29. The first kappa shape index (κ1) is 62.6. The molecule has 430 valence electrons. The SMILES string of the molecule is CCCCCCCCCCCCC(CCCCCCCCCC)Cc1csc(-c2c3nsnc3c(-c3cc(CC(CCCCCCCCCC)CCCCCCCCCCCC)cs3)c3nc4c(nc23)Cc2ccccc2-4)c1. The Kier molecular flexibility index (Phi) is 29.8. The number of rotatable bonds is 46. The molecule has 2 aromatic carbocycles. The largest absolute Gasteiger partial charge is 0.248 e. The van der Waals surface area contributed by atoms with E-state index >= 15 is 0 Å². The van der Waals surface area contributed by atoms with Crippen LogP contribution in [0.3, 0.4) is 0 Å². The molecule has 0 saturated carbocycles. The fourth-order valence-electron chi connectivity index (χ4n) is 13.0. The summed E-state index contributed by atoms with van der Waals surface area (Å²) in [7, 11) is 0. The molecule has 0 aliphatic heterocycles. The Balaban J connectivity index is 1.09. The van der Waals surface area contributed by atoms with E-state index in [-0.39, 0.29) is 0 Å². The Morgan fingerprint density at radius 3 is 1.13 bits per heavy atom. The van der Waals surface area contributed by atoms with Gasteiger partial charge in [-0.3, -0.25) is 0 Å². The van der Waals surface area contributed by atoms with Gasteiger partial charge in [0.1, 0.15) is 22.1 Å². The minimum Gasteiger partial charge on any atom is -0.248 e. The zero-order valence-electron chi connectivity index (χ0n) is 50.2. The monoisotopic (exact) mass is 1110 g/mol. The van der Waals surface area contributed by atoms with Gasteiger partial charge in [-0.05, 0) is 64.3 Å². The predicted molar refractivity (Wildman–Crippen MR) is 347 cm³/mol. The molecule has 7 heteroatoms. The fourth-order valence-corrected chi connectivity index (χ4v) is 15.5. The zero-order valence-corrected chi connectivity index (χ0v) is 52.6. The Morgan fingerprint density at radius 2 is 0.744 bits per heavy atom. The van der Waals surface area contributed by atoms with Gasteiger partial charge in [0.15, 0.2) is 0 Å². The van der Waals surface area contributed by atoms with Crippen molar-refractivity contribution in [3.63, 3.8) is 0 Å². The lowest BCUT2D eigenvalue weighted by Crippen LogP contribution is -2.05. The van der Waals surface area contributed by atoms with Crippen molar-refractivity contribution in [2.75, 3.05) is 0 Å². The minimum atomic E-state index is 0.740. The Bertz CT molecular complexity index is 2530. The average molecular weight is 1110 g/mol. The molecule has 78 heavy (non-hydrogen) atoms. The highest BCUT2D eigenvalue weighted by atomic mass is 32.1. The number of hydrogen-bond donors (Lipinski definition) is 0. The second-order valence-corrected chi connectivity index (χ2v) is 26.9. The number of thiophene rings is 2. The van der Waals surface area contributed by atoms with Gasteiger partial charge < -0.3 is 0 Å². The van der Waals surface area contributed by atoms with E-state index in [4.69, 9.17) is 18.7 Å². The van der Waals surface area contributed by atoms with Gasteiger partial charge >= 0.3 is 0 Å². The van der Waals surface area contributed by atoms with Crippen molar-refractivity contribution >= 4 is 56.5 Å². The third-order valence-corrected chi connectivity index (χ3v) is 20.3. The maximum absolute atomic E-state index is 5.72. The summed E-state index contributed by atoms with van der Waals surface area (Å²) in [4.78, 5) is 14.0. The molecule has 0 spiro atoms. The molecule has 4 nitrogen and oxygen atoms in total. The summed E-state index contributed by atoms with van der Waals surface area (Å²) < 4.78 is 10.4. The van der Waals surface area contributed by atoms with Gasteiger partial charge in [-0.2, -0.15) is 8.75 Å².